The topological polar surface area (TPSA) is 83.8 Å². The third-order valence-corrected chi connectivity index (χ3v) is 2.24. The molecule has 0 saturated heterocycles. The van der Waals surface area contributed by atoms with Crippen LogP contribution < -0.4 is 4.74 Å². The van der Waals surface area contributed by atoms with Crippen molar-refractivity contribution in [1.82, 2.24) is 0 Å². The van der Waals surface area contributed by atoms with E-state index >= 15 is 0 Å². The molecule has 0 fully saturated rings. The molecule has 1 aromatic carbocycles. The minimum absolute atomic E-state index is 0.0548. The summed E-state index contributed by atoms with van der Waals surface area (Å²) < 4.78 is 4.99. The zero-order valence-corrected chi connectivity index (χ0v) is 10.1. The fourth-order valence-corrected chi connectivity index (χ4v) is 1.39. The van der Waals surface area contributed by atoms with E-state index in [1.54, 1.807) is 24.3 Å². The smallest absolute Gasteiger partial charge is 0.313 e. The Bertz CT molecular complexity index is 408. The highest BCUT2D eigenvalue weighted by atomic mass is 16.5. The van der Waals surface area contributed by atoms with Crippen LogP contribution in [0.15, 0.2) is 24.3 Å². The Morgan fingerprint density at radius 3 is 2.39 bits per heavy atom. The lowest BCUT2D eigenvalue weighted by molar-refractivity contribution is -0.137. The molecule has 0 aliphatic rings. The van der Waals surface area contributed by atoms with Crippen molar-refractivity contribution in [3.8, 4) is 5.75 Å². The van der Waals surface area contributed by atoms with E-state index in [4.69, 9.17) is 14.9 Å². The number of esters is 1. The highest BCUT2D eigenvalue weighted by Gasteiger charge is 2.08. The Kier molecular flexibility index (Phi) is 5.32. The van der Waals surface area contributed by atoms with Crippen LogP contribution in [0.1, 0.15) is 25.3 Å². The van der Waals surface area contributed by atoms with E-state index in [2.05, 4.69) is 0 Å². The van der Waals surface area contributed by atoms with Gasteiger partial charge in [-0.15, -0.1) is 0 Å². The molecule has 2 N–H and O–H groups in total. The molecule has 5 heteroatoms. The molecule has 0 radical (unpaired) electrons. The number of ether oxygens (including phenoxy) is 1. The summed E-state index contributed by atoms with van der Waals surface area (Å²) in [6, 6.07) is 6.65. The minimum Gasteiger partial charge on any atom is -0.481 e. The molecule has 0 aliphatic carbocycles. The summed E-state index contributed by atoms with van der Waals surface area (Å²) in [4.78, 5) is 21.7. The summed E-state index contributed by atoms with van der Waals surface area (Å²) in [5.41, 5.74) is 0.868. The number of aryl methyl sites for hydroxylation is 1. The van der Waals surface area contributed by atoms with E-state index in [9.17, 15) is 9.59 Å². The molecule has 1 rings (SSSR count). The van der Waals surface area contributed by atoms with E-state index in [0.29, 0.717) is 12.2 Å². The maximum absolute atomic E-state index is 11.3. The van der Waals surface area contributed by atoms with Crippen molar-refractivity contribution in [2.75, 3.05) is 0 Å². The molecule has 0 aliphatic heterocycles. The third kappa shape index (κ3) is 5.45. The van der Waals surface area contributed by atoms with Crippen LogP contribution in [-0.4, -0.2) is 28.3 Å². The summed E-state index contributed by atoms with van der Waals surface area (Å²) >= 11 is 0. The summed E-state index contributed by atoms with van der Waals surface area (Å²) in [7, 11) is 0. The normalized spacial score (nSPS) is 11.9. The Labute approximate surface area is 105 Å². The Balaban J connectivity index is 2.49. The first-order valence-electron chi connectivity index (χ1n) is 5.67. The molecule has 1 atom stereocenters. The number of carboxylic acids is 1. The molecule has 98 valence electrons. The summed E-state index contributed by atoms with van der Waals surface area (Å²) in [6.45, 7) is 1.51. The molecule has 5 nitrogen and oxygen atoms in total. The zero-order chi connectivity index (χ0) is 13.5. The van der Waals surface area contributed by atoms with Crippen LogP contribution in [0.3, 0.4) is 0 Å². The highest BCUT2D eigenvalue weighted by Crippen LogP contribution is 2.14. The van der Waals surface area contributed by atoms with Gasteiger partial charge in [0.1, 0.15) is 5.75 Å². The first-order chi connectivity index (χ1) is 8.47. The second kappa shape index (κ2) is 6.76. The quantitative estimate of drug-likeness (QED) is 0.590. The Morgan fingerprint density at radius 2 is 1.89 bits per heavy atom. The third-order valence-electron chi connectivity index (χ3n) is 2.24. The van der Waals surface area contributed by atoms with Gasteiger partial charge in [-0.1, -0.05) is 12.1 Å². The maximum atomic E-state index is 11.3. The fraction of sp³-hybridized carbons (Fsp3) is 0.385. The van der Waals surface area contributed by atoms with Gasteiger partial charge in [-0.3, -0.25) is 9.59 Å². The van der Waals surface area contributed by atoms with E-state index in [1.165, 1.54) is 6.92 Å². The molecule has 0 saturated carbocycles. The van der Waals surface area contributed by atoms with Gasteiger partial charge in [-0.25, -0.2) is 0 Å². The van der Waals surface area contributed by atoms with Crippen molar-refractivity contribution >= 4 is 11.9 Å². The van der Waals surface area contributed by atoms with Crippen molar-refractivity contribution in [3.05, 3.63) is 29.8 Å². The van der Waals surface area contributed by atoms with Gasteiger partial charge in [0.2, 0.25) is 0 Å². The highest BCUT2D eigenvalue weighted by molar-refractivity contribution is 5.72. The zero-order valence-electron chi connectivity index (χ0n) is 10.1. The summed E-state index contributed by atoms with van der Waals surface area (Å²) in [6.07, 6.45) is -0.272. The van der Waals surface area contributed by atoms with Crippen LogP contribution in [0.2, 0.25) is 0 Å². The number of carboxylic acid groups (broad SMARTS) is 1. The first kappa shape index (κ1) is 14.2. The molecule has 18 heavy (non-hydrogen) atoms. The van der Waals surface area contributed by atoms with E-state index in [1.807, 2.05) is 0 Å². The average molecular weight is 252 g/mol. The summed E-state index contributed by atoms with van der Waals surface area (Å²) in [5.74, 6) is -0.953. The predicted octanol–water partition coefficient (Wildman–Crippen LogP) is 1.38. The second-order valence-corrected chi connectivity index (χ2v) is 4.06. The molecular weight excluding hydrogens is 236 g/mol. The standard InChI is InChI=1S/C13H16O5/c1-9(14)8-13(17)18-11-5-2-10(3-6-11)4-7-12(15)16/h2-3,5-6,9,14H,4,7-8H2,1H3,(H,15,16)/t9-/m1/s1. The monoisotopic (exact) mass is 252 g/mol. The second-order valence-electron chi connectivity index (χ2n) is 4.06. The van der Waals surface area contributed by atoms with Gasteiger partial charge in [0, 0.05) is 6.42 Å². The van der Waals surface area contributed by atoms with Gasteiger partial charge in [0.05, 0.1) is 12.5 Å². The number of hydrogen-bond acceptors (Lipinski definition) is 4. The minimum atomic E-state index is -0.845. The number of benzene rings is 1. The van der Waals surface area contributed by atoms with Crippen molar-refractivity contribution in [3.63, 3.8) is 0 Å². The van der Waals surface area contributed by atoms with Gasteiger partial charge in [0.25, 0.3) is 0 Å². The molecule has 0 spiro atoms. The van der Waals surface area contributed by atoms with Crippen LogP contribution in [0, 0.1) is 0 Å². The van der Waals surface area contributed by atoms with Gasteiger partial charge >= 0.3 is 11.9 Å². The first-order valence-corrected chi connectivity index (χ1v) is 5.67. The molecule has 0 unspecified atom stereocenters. The number of aliphatic carboxylic acids is 1. The van der Waals surface area contributed by atoms with E-state index in [0.717, 1.165) is 5.56 Å². The molecular formula is C13H16O5. The average Bonchev–Trinajstić information content (AvgIpc) is 2.26. The van der Waals surface area contributed by atoms with Gasteiger partial charge in [0.15, 0.2) is 0 Å². The van der Waals surface area contributed by atoms with Crippen LogP contribution in [0.25, 0.3) is 0 Å². The van der Waals surface area contributed by atoms with Crippen molar-refractivity contribution in [1.29, 1.82) is 0 Å². The van der Waals surface area contributed by atoms with Crippen LogP contribution in [0.4, 0.5) is 0 Å². The summed E-state index contributed by atoms with van der Waals surface area (Å²) in [5, 5.41) is 17.5. The molecule has 0 bridgehead atoms. The predicted molar refractivity (Wildman–Crippen MR) is 64.3 cm³/mol. The number of aliphatic hydroxyl groups excluding tert-OH is 1. The number of rotatable bonds is 6. The molecule has 1 aromatic rings. The van der Waals surface area contributed by atoms with Gasteiger partial charge in [-0.2, -0.15) is 0 Å². The van der Waals surface area contributed by atoms with Crippen molar-refractivity contribution < 1.29 is 24.5 Å². The number of hydrogen-bond donors (Lipinski definition) is 2. The largest absolute Gasteiger partial charge is 0.481 e. The van der Waals surface area contributed by atoms with Crippen LogP contribution in [0.5, 0.6) is 5.75 Å². The Morgan fingerprint density at radius 1 is 1.28 bits per heavy atom. The van der Waals surface area contributed by atoms with Crippen LogP contribution in [-0.2, 0) is 16.0 Å². The number of carbonyl (C=O) groups is 2. The number of carbonyl (C=O) groups excluding carboxylic acids is 1. The molecule has 0 aromatic heterocycles. The lowest BCUT2D eigenvalue weighted by Gasteiger charge is -2.06. The fourth-order valence-electron chi connectivity index (χ4n) is 1.39. The maximum Gasteiger partial charge on any atom is 0.313 e. The van der Waals surface area contributed by atoms with Gasteiger partial charge < -0.3 is 14.9 Å². The Hall–Kier alpha value is -1.88. The SMILES string of the molecule is C[C@@H](O)CC(=O)Oc1ccc(CCC(=O)O)cc1. The van der Waals surface area contributed by atoms with Crippen LogP contribution >= 0.6 is 0 Å². The molecule has 0 amide bonds. The van der Waals surface area contributed by atoms with E-state index in [-0.39, 0.29) is 12.8 Å². The van der Waals surface area contributed by atoms with E-state index < -0.39 is 18.0 Å². The number of aliphatic hydroxyl groups is 1. The lowest BCUT2D eigenvalue weighted by Crippen LogP contribution is -2.15. The van der Waals surface area contributed by atoms with Crippen molar-refractivity contribution in [2.24, 2.45) is 0 Å². The molecule has 0 heterocycles. The van der Waals surface area contributed by atoms with Crippen molar-refractivity contribution in [2.45, 2.75) is 32.3 Å². The lowest BCUT2D eigenvalue weighted by atomic mass is 10.1. The van der Waals surface area contributed by atoms with Gasteiger partial charge in [-0.05, 0) is 31.0 Å².